The number of carbonyl (C=O) groups excluding carboxylic acids is 2. The standard InChI is InChI=1S/C27H29NO6S/c1-5-32-21-14-10-20(11-15-21)24-18(3)35-26(25(24)27(30)33-6-2)28-23(29)16-9-19-7-12-22(13-8-19)34-17-31-4/h7-16H,5-6,17H2,1-4H3,(H,28,29)/b16-9+. The van der Waals surface area contributed by atoms with Gasteiger partial charge in [0.1, 0.15) is 22.1 Å². The molecule has 0 bridgehead atoms. The Labute approximate surface area is 209 Å². The first-order valence-corrected chi connectivity index (χ1v) is 12.0. The highest BCUT2D eigenvalue weighted by Gasteiger charge is 2.25. The molecule has 0 radical (unpaired) electrons. The quantitative estimate of drug-likeness (QED) is 0.202. The lowest BCUT2D eigenvalue weighted by molar-refractivity contribution is -0.111. The Kier molecular flexibility index (Phi) is 9.46. The maximum Gasteiger partial charge on any atom is 0.341 e. The van der Waals surface area contributed by atoms with Crippen LogP contribution in [-0.4, -0.2) is 39.0 Å². The number of hydrogen-bond donors (Lipinski definition) is 1. The Morgan fingerprint density at radius 3 is 2.23 bits per heavy atom. The van der Waals surface area contributed by atoms with E-state index >= 15 is 0 Å². The van der Waals surface area contributed by atoms with E-state index in [4.69, 9.17) is 18.9 Å². The number of benzene rings is 2. The molecule has 0 fully saturated rings. The zero-order valence-corrected chi connectivity index (χ0v) is 21.1. The smallest absolute Gasteiger partial charge is 0.341 e. The van der Waals surface area contributed by atoms with E-state index in [0.29, 0.717) is 22.9 Å². The molecule has 0 aliphatic rings. The number of anilines is 1. The highest BCUT2D eigenvalue weighted by Crippen LogP contribution is 2.41. The molecule has 1 aromatic heterocycles. The van der Waals surface area contributed by atoms with Gasteiger partial charge in [-0.1, -0.05) is 24.3 Å². The fourth-order valence-corrected chi connectivity index (χ4v) is 4.46. The van der Waals surface area contributed by atoms with Crippen LogP contribution in [0.3, 0.4) is 0 Å². The normalized spacial score (nSPS) is 10.9. The van der Waals surface area contributed by atoms with Gasteiger partial charge in [0.25, 0.3) is 0 Å². The molecule has 2 aromatic carbocycles. The van der Waals surface area contributed by atoms with Gasteiger partial charge in [-0.15, -0.1) is 11.3 Å². The molecule has 184 valence electrons. The van der Waals surface area contributed by atoms with Crippen molar-refractivity contribution in [3.8, 4) is 22.6 Å². The van der Waals surface area contributed by atoms with Crippen molar-refractivity contribution in [3.63, 3.8) is 0 Å². The van der Waals surface area contributed by atoms with Crippen molar-refractivity contribution in [2.75, 3.05) is 32.4 Å². The second-order valence-electron chi connectivity index (χ2n) is 7.36. The van der Waals surface area contributed by atoms with Crippen molar-refractivity contribution < 1.29 is 28.5 Å². The molecular weight excluding hydrogens is 466 g/mol. The van der Waals surface area contributed by atoms with Crippen LogP contribution < -0.4 is 14.8 Å². The molecule has 3 aromatic rings. The van der Waals surface area contributed by atoms with Crippen LogP contribution in [0.25, 0.3) is 17.2 Å². The molecule has 0 aliphatic heterocycles. The summed E-state index contributed by atoms with van der Waals surface area (Å²) in [6.07, 6.45) is 3.11. The first kappa shape index (κ1) is 26.0. The minimum atomic E-state index is -0.480. The second-order valence-corrected chi connectivity index (χ2v) is 8.58. The Bertz CT molecular complexity index is 1170. The summed E-state index contributed by atoms with van der Waals surface area (Å²) in [7, 11) is 1.55. The Balaban J connectivity index is 1.83. The van der Waals surface area contributed by atoms with E-state index in [9.17, 15) is 9.59 Å². The average molecular weight is 496 g/mol. The summed E-state index contributed by atoms with van der Waals surface area (Å²) in [6.45, 7) is 6.55. The number of aryl methyl sites for hydroxylation is 1. The van der Waals surface area contributed by atoms with Gasteiger partial charge in [-0.25, -0.2) is 4.79 Å². The van der Waals surface area contributed by atoms with Gasteiger partial charge in [-0.3, -0.25) is 4.79 Å². The highest BCUT2D eigenvalue weighted by atomic mass is 32.1. The van der Waals surface area contributed by atoms with Crippen LogP contribution in [0.15, 0.2) is 54.6 Å². The Hall–Kier alpha value is -3.62. The molecule has 0 atom stereocenters. The van der Waals surface area contributed by atoms with Crippen LogP contribution >= 0.6 is 11.3 Å². The minimum absolute atomic E-state index is 0.166. The van der Waals surface area contributed by atoms with E-state index < -0.39 is 5.97 Å². The monoisotopic (exact) mass is 495 g/mol. The van der Waals surface area contributed by atoms with E-state index in [1.807, 2.05) is 50.2 Å². The van der Waals surface area contributed by atoms with Crippen LogP contribution in [0.2, 0.25) is 0 Å². The molecule has 0 spiro atoms. The number of nitrogens with one attached hydrogen (secondary N) is 1. The summed E-state index contributed by atoms with van der Waals surface area (Å²) in [4.78, 5) is 26.5. The fraction of sp³-hybridized carbons (Fsp3) is 0.259. The minimum Gasteiger partial charge on any atom is -0.494 e. The lowest BCUT2D eigenvalue weighted by Gasteiger charge is -2.09. The number of amides is 1. The first-order valence-electron chi connectivity index (χ1n) is 11.2. The lowest BCUT2D eigenvalue weighted by atomic mass is 10.0. The topological polar surface area (TPSA) is 83.1 Å². The molecule has 0 unspecified atom stereocenters. The SMILES string of the molecule is CCOC(=O)c1c(NC(=O)/C=C/c2ccc(OCOC)cc2)sc(C)c1-c1ccc(OCC)cc1. The zero-order valence-electron chi connectivity index (χ0n) is 20.3. The van der Waals surface area contributed by atoms with Gasteiger partial charge < -0.3 is 24.3 Å². The second kappa shape index (κ2) is 12.7. The predicted octanol–water partition coefficient (Wildman–Crippen LogP) is 5.93. The van der Waals surface area contributed by atoms with Gasteiger partial charge in [0.05, 0.1) is 13.2 Å². The molecule has 3 rings (SSSR count). The highest BCUT2D eigenvalue weighted by molar-refractivity contribution is 7.17. The maximum atomic E-state index is 12.9. The first-order chi connectivity index (χ1) is 17.0. The number of methoxy groups -OCH3 is 1. The van der Waals surface area contributed by atoms with Gasteiger partial charge >= 0.3 is 5.97 Å². The molecule has 0 saturated heterocycles. The van der Waals surface area contributed by atoms with Crippen LogP contribution in [-0.2, 0) is 14.3 Å². The Morgan fingerprint density at radius 2 is 1.60 bits per heavy atom. The van der Waals surface area contributed by atoms with Crippen LogP contribution in [0.4, 0.5) is 5.00 Å². The fourth-order valence-electron chi connectivity index (χ4n) is 3.39. The van der Waals surface area contributed by atoms with Crippen LogP contribution in [0, 0.1) is 6.92 Å². The number of hydrogen-bond acceptors (Lipinski definition) is 7. The van der Waals surface area contributed by atoms with Gasteiger partial charge in [0, 0.05) is 23.6 Å². The number of carbonyl (C=O) groups is 2. The number of rotatable bonds is 11. The van der Waals surface area contributed by atoms with E-state index in [2.05, 4.69) is 5.32 Å². The van der Waals surface area contributed by atoms with E-state index in [0.717, 1.165) is 27.3 Å². The summed E-state index contributed by atoms with van der Waals surface area (Å²) >= 11 is 1.34. The summed E-state index contributed by atoms with van der Waals surface area (Å²) < 4.78 is 21.1. The van der Waals surface area contributed by atoms with Crippen molar-refractivity contribution in [2.24, 2.45) is 0 Å². The molecule has 0 aliphatic carbocycles. The van der Waals surface area contributed by atoms with Crippen molar-refractivity contribution in [2.45, 2.75) is 20.8 Å². The summed E-state index contributed by atoms with van der Waals surface area (Å²) in [5.41, 5.74) is 2.76. The number of ether oxygens (including phenoxy) is 4. The summed E-state index contributed by atoms with van der Waals surface area (Å²) in [6, 6.07) is 14.8. The third kappa shape index (κ3) is 6.94. The van der Waals surface area contributed by atoms with Gasteiger partial charge in [0.2, 0.25) is 5.91 Å². The molecule has 7 nitrogen and oxygen atoms in total. The molecular formula is C27H29NO6S. The molecule has 8 heteroatoms. The maximum absolute atomic E-state index is 12.9. The van der Waals surface area contributed by atoms with Gasteiger partial charge in [-0.2, -0.15) is 0 Å². The molecule has 1 amide bonds. The molecule has 1 heterocycles. The third-order valence-corrected chi connectivity index (χ3v) is 5.93. The predicted molar refractivity (Wildman–Crippen MR) is 138 cm³/mol. The van der Waals surface area contributed by atoms with Crippen LogP contribution in [0.5, 0.6) is 11.5 Å². The summed E-state index contributed by atoms with van der Waals surface area (Å²) in [5, 5.41) is 3.30. The molecule has 35 heavy (non-hydrogen) atoms. The van der Waals surface area contributed by atoms with Gasteiger partial charge in [0.15, 0.2) is 6.79 Å². The largest absolute Gasteiger partial charge is 0.494 e. The van der Waals surface area contributed by atoms with Crippen molar-refractivity contribution in [3.05, 3.63) is 70.6 Å². The summed E-state index contributed by atoms with van der Waals surface area (Å²) in [5.74, 6) is 0.587. The van der Waals surface area contributed by atoms with Gasteiger partial charge in [-0.05, 0) is 62.2 Å². The third-order valence-electron chi connectivity index (χ3n) is 4.91. The van der Waals surface area contributed by atoms with Crippen molar-refractivity contribution >= 4 is 34.3 Å². The van der Waals surface area contributed by atoms with Crippen molar-refractivity contribution in [1.29, 1.82) is 0 Å². The lowest BCUT2D eigenvalue weighted by Crippen LogP contribution is -2.12. The van der Waals surface area contributed by atoms with E-state index in [-0.39, 0.29) is 19.3 Å². The Morgan fingerprint density at radius 1 is 0.943 bits per heavy atom. The molecule has 1 N–H and O–H groups in total. The van der Waals surface area contributed by atoms with Crippen LogP contribution in [0.1, 0.15) is 34.6 Å². The van der Waals surface area contributed by atoms with E-state index in [1.165, 1.54) is 17.4 Å². The number of thiophene rings is 1. The zero-order chi connectivity index (χ0) is 25.2. The average Bonchev–Trinajstić information content (AvgIpc) is 3.18. The molecule has 0 saturated carbocycles. The van der Waals surface area contributed by atoms with Crippen molar-refractivity contribution in [1.82, 2.24) is 0 Å². The van der Waals surface area contributed by atoms with E-state index in [1.54, 1.807) is 32.2 Å². The number of esters is 1.